The Hall–Kier alpha value is -1.92. The van der Waals surface area contributed by atoms with Gasteiger partial charge < -0.3 is 15.2 Å². The molecule has 0 bridgehead atoms. The van der Waals surface area contributed by atoms with Crippen molar-refractivity contribution in [2.75, 3.05) is 26.3 Å². The van der Waals surface area contributed by atoms with Gasteiger partial charge >= 0.3 is 5.97 Å². The number of carboxylic acids is 1. The van der Waals surface area contributed by atoms with Gasteiger partial charge in [-0.1, -0.05) is 30.3 Å². The molecule has 1 aromatic rings. The van der Waals surface area contributed by atoms with Crippen molar-refractivity contribution in [1.29, 1.82) is 0 Å². The topological polar surface area (TPSA) is 78.9 Å². The molecule has 0 aromatic heterocycles. The quantitative estimate of drug-likeness (QED) is 0.833. The SMILES string of the molecule is CC(NC(=O)CN1CCOCC1C(=O)O)c1ccccc1. The van der Waals surface area contributed by atoms with Gasteiger partial charge in [-0.15, -0.1) is 0 Å². The van der Waals surface area contributed by atoms with Crippen LogP contribution < -0.4 is 5.32 Å². The number of carbonyl (C=O) groups excluding carboxylic acids is 1. The van der Waals surface area contributed by atoms with Crippen LogP contribution in [0.1, 0.15) is 18.5 Å². The molecule has 2 rings (SSSR count). The summed E-state index contributed by atoms with van der Waals surface area (Å²) in [5.41, 5.74) is 1.02. The van der Waals surface area contributed by atoms with Crippen LogP contribution in [-0.2, 0) is 14.3 Å². The van der Waals surface area contributed by atoms with E-state index in [1.165, 1.54) is 0 Å². The molecule has 1 heterocycles. The zero-order chi connectivity index (χ0) is 15.2. The molecular formula is C15H20N2O4. The summed E-state index contributed by atoms with van der Waals surface area (Å²) in [5.74, 6) is -1.14. The van der Waals surface area contributed by atoms with E-state index in [4.69, 9.17) is 9.84 Å². The van der Waals surface area contributed by atoms with Crippen molar-refractivity contribution >= 4 is 11.9 Å². The van der Waals surface area contributed by atoms with Crippen LogP contribution in [0.5, 0.6) is 0 Å². The first kappa shape index (κ1) is 15.5. The van der Waals surface area contributed by atoms with E-state index in [9.17, 15) is 9.59 Å². The molecule has 1 aliphatic rings. The van der Waals surface area contributed by atoms with Gasteiger partial charge in [-0.25, -0.2) is 0 Å². The Morgan fingerprint density at radius 2 is 2.14 bits per heavy atom. The Balaban J connectivity index is 1.90. The lowest BCUT2D eigenvalue weighted by molar-refractivity contribution is -0.150. The van der Waals surface area contributed by atoms with E-state index in [0.29, 0.717) is 13.2 Å². The second-order valence-corrected chi connectivity index (χ2v) is 5.10. The minimum atomic E-state index is -0.960. The second-order valence-electron chi connectivity index (χ2n) is 5.10. The van der Waals surface area contributed by atoms with Crippen LogP contribution in [-0.4, -0.2) is 54.2 Å². The normalized spacial score (nSPS) is 20.7. The molecule has 6 heteroatoms. The predicted octanol–water partition coefficient (Wildman–Crippen LogP) is 0.649. The van der Waals surface area contributed by atoms with E-state index in [1.807, 2.05) is 37.3 Å². The lowest BCUT2D eigenvalue weighted by atomic mass is 10.1. The number of carbonyl (C=O) groups is 2. The van der Waals surface area contributed by atoms with Crippen LogP contribution in [0.4, 0.5) is 0 Å². The standard InChI is InChI=1S/C15H20N2O4/c1-11(12-5-3-2-4-6-12)16-14(18)9-17-7-8-21-10-13(17)15(19)20/h2-6,11,13H,7-10H2,1H3,(H,16,18)(H,19,20). The summed E-state index contributed by atoms with van der Waals surface area (Å²) in [4.78, 5) is 24.9. The lowest BCUT2D eigenvalue weighted by Crippen LogP contribution is -2.53. The highest BCUT2D eigenvalue weighted by Crippen LogP contribution is 2.12. The van der Waals surface area contributed by atoms with E-state index >= 15 is 0 Å². The molecule has 2 N–H and O–H groups in total. The van der Waals surface area contributed by atoms with E-state index < -0.39 is 12.0 Å². The van der Waals surface area contributed by atoms with Gasteiger partial charge in [0.15, 0.2) is 0 Å². The van der Waals surface area contributed by atoms with Crippen molar-refractivity contribution in [3.63, 3.8) is 0 Å². The number of nitrogens with zero attached hydrogens (tertiary/aromatic N) is 1. The van der Waals surface area contributed by atoms with Gasteiger partial charge in [0, 0.05) is 6.54 Å². The molecule has 1 amide bonds. The first-order valence-corrected chi connectivity index (χ1v) is 6.97. The number of rotatable bonds is 5. The molecule has 1 aromatic carbocycles. The number of amides is 1. The maximum Gasteiger partial charge on any atom is 0.323 e. The maximum atomic E-state index is 12.1. The Morgan fingerprint density at radius 3 is 2.81 bits per heavy atom. The summed E-state index contributed by atoms with van der Waals surface area (Å²) in [6.07, 6.45) is 0. The Morgan fingerprint density at radius 1 is 1.43 bits per heavy atom. The molecule has 0 spiro atoms. The van der Waals surface area contributed by atoms with Crippen molar-refractivity contribution in [3.8, 4) is 0 Å². The molecule has 1 fully saturated rings. The van der Waals surface area contributed by atoms with Gasteiger partial charge in [0.2, 0.25) is 5.91 Å². The van der Waals surface area contributed by atoms with Crippen LogP contribution in [0.25, 0.3) is 0 Å². The summed E-state index contributed by atoms with van der Waals surface area (Å²) in [7, 11) is 0. The van der Waals surface area contributed by atoms with E-state index in [-0.39, 0.29) is 25.1 Å². The van der Waals surface area contributed by atoms with Crippen LogP contribution in [0.3, 0.4) is 0 Å². The third-order valence-electron chi connectivity index (χ3n) is 3.55. The van der Waals surface area contributed by atoms with Gasteiger partial charge in [-0.2, -0.15) is 0 Å². The fourth-order valence-electron chi connectivity index (χ4n) is 2.35. The average Bonchev–Trinajstić information content (AvgIpc) is 2.48. The zero-order valence-electron chi connectivity index (χ0n) is 12.0. The molecule has 21 heavy (non-hydrogen) atoms. The van der Waals surface area contributed by atoms with Crippen LogP contribution in [0, 0.1) is 0 Å². The highest BCUT2D eigenvalue weighted by Gasteiger charge is 2.30. The Kier molecular flexibility index (Phi) is 5.30. The first-order chi connectivity index (χ1) is 10.1. The number of carboxylic acid groups (broad SMARTS) is 1. The van der Waals surface area contributed by atoms with Gasteiger partial charge in [0.1, 0.15) is 6.04 Å². The van der Waals surface area contributed by atoms with E-state index in [2.05, 4.69) is 5.32 Å². The first-order valence-electron chi connectivity index (χ1n) is 6.97. The Labute approximate surface area is 123 Å². The van der Waals surface area contributed by atoms with Crippen LogP contribution >= 0.6 is 0 Å². The fourth-order valence-corrected chi connectivity index (χ4v) is 2.35. The Bertz CT molecular complexity index is 492. The minimum Gasteiger partial charge on any atom is -0.480 e. The van der Waals surface area contributed by atoms with Crippen molar-refractivity contribution in [2.45, 2.75) is 19.0 Å². The third-order valence-corrected chi connectivity index (χ3v) is 3.55. The van der Waals surface area contributed by atoms with Crippen molar-refractivity contribution in [1.82, 2.24) is 10.2 Å². The van der Waals surface area contributed by atoms with Crippen molar-refractivity contribution in [2.24, 2.45) is 0 Å². The molecule has 114 valence electrons. The van der Waals surface area contributed by atoms with E-state index in [1.54, 1.807) is 4.90 Å². The zero-order valence-corrected chi connectivity index (χ0v) is 12.0. The van der Waals surface area contributed by atoms with Gasteiger partial charge in [-0.05, 0) is 12.5 Å². The monoisotopic (exact) mass is 292 g/mol. The largest absolute Gasteiger partial charge is 0.480 e. The maximum absolute atomic E-state index is 12.1. The number of hydrogen-bond donors (Lipinski definition) is 2. The smallest absolute Gasteiger partial charge is 0.323 e. The molecular weight excluding hydrogens is 272 g/mol. The second kappa shape index (κ2) is 7.19. The van der Waals surface area contributed by atoms with E-state index in [0.717, 1.165) is 5.56 Å². The predicted molar refractivity (Wildman–Crippen MR) is 76.8 cm³/mol. The molecule has 2 unspecified atom stereocenters. The number of benzene rings is 1. The van der Waals surface area contributed by atoms with Crippen LogP contribution in [0.15, 0.2) is 30.3 Å². The highest BCUT2D eigenvalue weighted by atomic mass is 16.5. The average molecular weight is 292 g/mol. The number of ether oxygens (including phenoxy) is 1. The molecule has 0 aliphatic carbocycles. The minimum absolute atomic E-state index is 0.0670. The fraction of sp³-hybridized carbons (Fsp3) is 0.467. The molecule has 0 radical (unpaired) electrons. The number of hydrogen-bond acceptors (Lipinski definition) is 4. The molecule has 1 saturated heterocycles. The molecule has 0 saturated carbocycles. The van der Waals surface area contributed by atoms with Crippen LogP contribution in [0.2, 0.25) is 0 Å². The van der Waals surface area contributed by atoms with Gasteiger partial charge in [0.05, 0.1) is 25.8 Å². The van der Waals surface area contributed by atoms with Crippen molar-refractivity contribution < 1.29 is 19.4 Å². The van der Waals surface area contributed by atoms with Gasteiger partial charge in [0.25, 0.3) is 0 Å². The number of aliphatic carboxylic acids is 1. The van der Waals surface area contributed by atoms with Crippen molar-refractivity contribution in [3.05, 3.63) is 35.9 Å². The summed E-state index contributed by atoms with van der Waals surface area (Å²) >= 11 is 0. The number of morpholine rings is 1. The molecule has 1 aliphatic heterocycles. The highest BCUT2D eigenvalue weighted by molar-refractivity contribution is 5.80. The summed E-state index contributed by atoms with van der Waals surface area (Å²) in [5, 5.41) is 12.0. The summed E-state index contributed by atoms with van der Waals surface area (Å²) in [6.45, 7) is 2.99. The molecule has 2 atom stereocenters. The molecule has 6 nitrogen and oxygen atoms in total. The van der Waals surface area contributed by atoms with Gasteiger partial charge in [-0.3, -0.25) is 14.5 Å². The lowest BCUT2D eigenvalue weighted by Gasteiger charge is -2.32. The summed E-state index contributed by atoms with van der Waals surface area (Å²) in [6, 6.07) is 8.78. The summed E-state index contributed by atoms with van der Waals surface area (Å²) < 4.78 is 5.15. The number of nitrogens with one attached hydrogen (secondary N) is 1. The third kappa shape index (κ3) is 4.27.